The van der Waals surface area contributed by atoms with Crippen molar-refractivity contribution in [3.8, 4) is 11.5 Å². The molecule has 0 saturated carbocycles. The van der Waals surface area contributed by atoms with E-state index in [1.165, 1.54) is 5.56 Å². The zero-order valence-electron chi connectivity index (χ0n) is 8.95. The van der Waals surface area contributed by atoms with E-state index in [0.717, 1.165) is 17.1 Å². The van der Waals surface area contributed by atoms with Crippen LogP contribution in [0, 0.1) is 19.9 Å². The van der Waals surface area contributed by atoms with E-state index in [1.807, 2.05) is 49.4 Å². The van der Waals surface area contributed by atoms with Crippen molar-refractivity contribution in [3.05, 3.63) is 59.7 Å². The number of benzene rings is 2. The number of ether oxygens (including phenoxy) is 1. The summed E-state index contributed by atoms with van der Waals surface area (Å²) < 4.78 is 5.74. The van der Waals surface area contributed by atoms with Gasteiger partial charge in [0.15, 0.2) is 0 Å². The molecule has 0 aliphatic heterocycles. The molecule has 0 bridgehead atoms. The first-order chi connectivity index (χ1) is 7.25. The topological polar surface area (TPSA) is 9.23 Å². The van der Waals surface area contributed by atoms with Crippen molar-refractivity contribution in [1.29, 1.82) is 0 Å². The Morgan fingerprint density at radius 3 is 2.40 bits per heavy atom. The Labute approximate surface area is 90.3 Å². The van der Waals surface area contributed by atoms with Gasteiger partial charge in [0.2, 0.25) is 0 Å². The Morgan fingerprint density at radius 2 is 1.73 bits per heavy atom. The van der Waals surface area contributed by atoms with Crippen LogP contribution in [0.5, 0.6) is 11.5 Å². The summed E-state index contributed by atoms with van der Waals surface area (Å²) in [5.74, 6) is 1.76. The van der Waals surface area contributed by atoms with Gasteiger partial charge >= 0.3 is 0 Å². The molecule has 0 unspecified atom stereocenters. The van der Waals surface area contributed by atoms with E-state index in [1.54, 1.807) is 0 Å². The van der Waals surface area contributed by atoms with Gasteiger partial charge in [-0.05, 0) is 49.7 Å². The highest BCUT2D eigenvalue weighted by molar-refractivity contribution is 5.37. The molecular weight excluding hydrogens is 184 g/mol. The van der Waals surface area contributed by atoms with Crippen LogP contribution < -0.4 is 4.74 Å². The Kier molecular flexibility index (Phi) is 2.72. The molecule has 0 fully saturated rings. The van der Waals surface area contributed by atoms with Gasteiger partial charge in [-0.2, -0.15) is 0 Å². The second-order valence-corrected chi connectivity index (χ2v) is 3.61. The quantitative estimate of drug-likeness (QED) is 0.709. The Balaban J connectivity index is 2.22. The molecule has 0 aliphatic carbocycles. The Bertz CT molecular complexity index is 443. The molecule has 75 valence electrons. The van der Waals surface area contributed by atoms with E-state index in [2.05, 4.69) is 13.0 Å². The fourth-order valence-electron chi connectivity index (χ4n) is 1.35. The smallest absolute Gasteiger partial charge is 0.130 e. The zero-order valence-corrected chi connectivity index (χ0v) is 8.95. The molecule has 1 nitrogen and oxygen atoms in total. The summed E-state index contributed by atoms with van der Waals surface area (Å²) in [6.45, 7) is 4.08. The minimum atomic E-state index is 0.870. The first-order valence-electron chi connectivity index (χ1n) is 4.97. The maximum absolute atomic E-state index is 5.74. The van der Waals surface area contributed by atoms with Crippen LogP contribution in [-0.4, -0.2) is 0 Å². The molecule has 0 heterocycles. The first-order valence-corrected chi connectivity index (χ1v) is 4.97. The molecule has 1 heteroatoms. The van der Waals surface area contributed by atoms with Crippen LogP contribution in [0.2, 0.25) is 0 Å². The molecule has 0 amide bonds. The van der Waals surface area contributed by atoms with Crippen LogP contribution in [0.4, 0.5) is 0 Å². The number of rotatable bonds is 2. The summed E-state index contributed by atoms with van der Waals surface area (Å²) in [6, 6.07) is 16.8. The lowest BCUT2D eigenvalue weighted by atomic mass is 10.2. The number of hydrogen-bond acceptors (Lipinski definition) is 1. The third-order valence-corrected chi connectivity index (χ3v) is 2.27. The lowest BCUT2D eigenvalue weighted by Gasteiger charge is -2.07. The second kappa shape index (κ2) is 4.18. The molecule has 0 N–H and O–H groups in total. The maximum Gasteiger partial charge on any atom is 0.130 e. The number of aryl methyl sites for hydroxylation is 2. The van der Waals surface area contributed by atoms with Crippen molar-refractivity contribution in [3.63, 3.8) is 0 Å². The molecule has 0 aromatic heterocycles. The SMILES string of the molecule is Cc1ccc(Oc2cc[c]cc2C)cc1. The summed E-state index contributed by atoms with van der Waals surface area (Å²) >= 11 is 0. The highest BCUT2D eigenvalue weighted by Crippen LogP contribution is 2.24. The fraction of sp³-hybridized carbons (Fsp3) is 0.143. The molecule has 0 atom stereocenters. The van der Waals surface area contributed by atoms with Crippen molar-refractivity contribution in [2.75, 3.05) is 0 Å². The minimum Gasteiger partial charge on any atom is -0.457 e. The molecule has 2 aromatic rings. The van der Waals surface area contributed by atoms with E-state index in [0.29, 0.717) is 0 Å². The number of hydrogen-bond donors (Lipinski definition) is 0. The van der Waals surface area contributed by atoms with Crippen LogP contribution >= 0.6 is 0 Å². The average Bonchev–Trinajstić information content (AvgIpc) is 2.25. The van der Waals surface area contributed by atoms with E-state index in [4.69, 9.17) is 4.74 Å². The molecule has 1 radical (unpaired) electrons. The van der Waals surface area contributed by atoms with Crippen molar-refractivity contribution < 1.29 is 4.74 Å². The molecular formula is C14H13O. The molecule has 0 spiro atoms. The van der Waals surface area contributed by atoms with Crippen molar-refractivity contribution in [2.45, 2.75) is 13.8 Å². The van der Waals surface area contributed by atoms with Crippen LogP contribution in [0.15, 0.2) is 42.5 Å². The van der Waals surface area contributed by atoms with Gasteiger partial charge in [0, 0.05) is 0 Å². The summed E-state index contributed by atoms with van der Waals surface area (Å²) in [7, 11) is 0. The fourth-order valence-corrected chi connectivity index (χ4v) is 1.35. The van der Waals surface area contributed by atoms with E-state index in [-0.39, 0.29) is 0 Å². The third kappa shape index (κ3) is 2.38. The van der Waals surface area contributed by atoms with Gasteiger partial charge in [-0.25, -0.2) is 0 Å². The van der Waals surface area contributed by atoms with Gasteiger partial charge in [0.25, 0.3) is 0 Å². The molecule has 0 aliphatic rings. The molecule has 2 aromatic carbocycles. The van der Waals surface area contributed by atoms with Gasteiger partial charge in [-0.3, -0.25) is 0 Å². The van der Waals surface area contributed by atoms with Crippen molar-refractivity contribution in [1.82, 2.24) is 0 Å². The van der Waals surface area contributed by atoms with E-state index >= 15 is 0 Å². The van der Waals surface area contributed by atoms with E-state index in [9.17, 15) is 0 Å². The lowest BCUT2D eigenvalue weighted by Crippen LogP contribution is -1.86. The standard InChI is InChI=1S/C14H13O/c1-11-7-9-13(10-8-11)15-14-6-4-3-5-12(14)2/h4-10H,1-2H3. The van der Waals surface area contributed by atoms with E-state index < -0.39 is 0 Å². The summed E-state index contributed by atoms with van der Waals surface area (Å²) in [5.41, 5.74) is 2.33. The highest BCUT2D eigenvalue weighted by Gasteiger charge is 1.99. The molecule has 15 heavy (non-hydrogen) atoms. The molecule has 2 rings (SSSR count). The van der Waals surface area contributed by atoms with Crippen LogP contribution in [-0.2, 0) is 0 Å². The monoisotopic (exact) mass is 197 g/mol. The molecule has 0 saturated heterocycles. The summed E-state index contributed by atoms with van der Waals surface area (Å²) in [5, 5.41) is 0. The van der Waals surface area contributed by atoms with Gasteiger partial charge in [0.1, 0.15) is 11.5 Å². The first kappa shape index (κ1) is 9.78. The average molecular weight is 197 g/mol. The summed E-state index contributed by atoms with van der Waals surface area (Å²) in [6.07, 6.45) is 0. The summed E-state index contributed by atoms with van der Waals surface area (Å²) in [4.78, 5) is 0. The van der Waals surface area contributed by atoms with Gasteiger partial charge in [-0.1, -0.05) is 23.8 Å². The normalized spacial score (nSPS) is 10.0. The Morgan fingerprint density at radius 1 is 1.00 bits per heavy atom. The Hall–Kier alpha value is -1.76. The van der Waals surface area contributed by atoms with Crippen LogP contribution in [0.1, 0.15) is 11.1 Å². The third-order valence-electron chi connectivity index (χ3n) is 2.27. The maximum atomic E-state index is 5.74. The van der Waals surface area contributed by atoms with Crippen LogP contribution in [0.25, 0.3) is 0 Å². The zero-order chi connectivity index (χ0) is 10.7. The van der Waals surface area contributed by atoms with Crippen molar-refractivity contribution in [2.24, 2.45) is 0 Å². The van der Waals surface area contributed by atoms with Gasteiger partial charge in [0.05, 0.1) is 0 Å². The van der Waals surface area contributed by atoms with Crippen LogP contribution in [0.3, 0.4) is 0 Å². The second-order valence-electron chi connectivity index (χ2n) is 3.61. The minimum absolute atomic E-state index is 0.870. The predicted molar refractivity (Wildman–Crippen MR) is 61.3 cm³/mol. The highest BCUT2D eigenvalue weighted by atomic mass is 16.5. The van der Waals surface area contributed by atoms with Gasteiger partial charge in [-0.15, -0.1) is 0 Å². The van der Waals surface area contributed by atoms with Crippen molar-refractivity contribution >= 4 is 0 Å². The largest absolute Gasteiger partial charge is 0.457 e. The predicted octanol–water partition coefficient (Wildman–Crippen LogP) is 3.90. The van der Waals surface area contributed by atoms with Gasteiger partial charge < -0.3 is 4.74 Å². The lowest BCUT2D eigenvalue weighted by molar-refractivity contribution is 0.479.